The molecule has 0 amide bonds. The van der Waals surface area contributed by atoms with Crippen molar-refractivity contribution in [1.29, 1.82) is 0 Å². The van der Waals surface area contributed by atoms with E-state index >= 15 is 0 Å². The fourth-order valence-corrected chi connectivity index (χ4v) is 5.91. The van der Waals surface area contributed by atoms with Crippen molar-refractivity contribution in [2.75, 3.05) is 7.11 Å². The molecule has 1 atom stereocenters. The van der Waals surface area contributed by atoms with Gasteiger partial charge in [0.1, 0.15) is 17.2 Å². The van der Waals surface area contributed by atoms with Gasteiger partial charge in [-0.15, -0.1) is 0 Å². The first-order valence-electron chi connectivity index (χ1n) is 13.0. The van der Waals surface area contributed by atoms with Crippen molar-refractivity contribution in [3.8, 4) is 17.2 Å². The molecule has 0 spiro atoms. The number of phenolic OH excluding ortho intramolecular Hbond substituents is 1. The average Bonchev–Trinajstić information content (AvgIpc) is 3.24. The average molecular weight is 502 g/mol. The number of aryl methyl sites for hydroxylation is 1. The van der Waals surface area contributed by atoms with Crippen LogP contribution in [-0.2, 0) is 12.6 Å². The zero-order chi connectivity index (χ0) is 26.4. The van der Waals surface area contributed by atoms with Crippen molar-refractivity contribution in [1.82, 2.24) is 4.57 Å². The van der Waals surface area contributed by atoms with Crippen LogP contribution >= 0.6 is 0 Å². The summed E-state index contributed by atoms with van der Waals surface area (Å²) in [6.45, 7) is 4.28. The van der Waals surface area contributed by atoms with E-state index in [4.69, 9.17) is 9.47 Å². The third-order valence-electron chi connectivity index (χ3n) is 7.66. The van der Waals surface area contributed by atoms with Crippen LogP contribution in [-0.4, -0.2) is 16.8 Å². The summed E-state index contributed by atoms with van der Waals surface area (Å²) in [7, 11) is 3.81. The monoisotopic (exact) mass is 501 g/mol. The second kappa shape index (κ2) is 9.14. The van der Waals surface area contributed by atoms with E-state index in [0.717, 1.165) is 45.5 Å². The summed E-state index contributed by atoms with van der Waals surface area (Å²) in [5.41, 5.74) is 3.26. The number of nitrogens with zero attached hydrogens (tertiary/aromatic N) is 1. The van der Waals surface area contributed by atoms with Crippen LogP contribution in [0.1, 0.15) is 37.0 Å². The zero-order valence-corrected chi connectivity index (χ0v) is 22.2. The minimum Gasteiger partial charge on any atom is -0.508 e. The largest absolute Gasteiger partial charge is 0.508 e. The number of benzene rings is 4. The van der Waals surface area contributed by atoms with Crippen LogP contribution in [0.3, 0.4) is 0 Å². The topological polar surface area (TPSA) is 43.6 Å². The van der Waals surface area contributed by atoms with Gasteiger partial charge in [0.05, 0.1) is 12.6 Å². The Bertz CT molecular complexity index is 1830. The lowest BCUT2D eigenvalue weighted by Gasteiger charge is -2.37. The molecule has 0 bridgehead atoms. The number of fused-ring (bicyclic) bond motifs is 6. The fraction of sp³-hybridized carbons (Fsp3) is 0.176. The third kappa shape index (κ3) is 3.44. The van der Waals surface area contributed by atoms with Gasteiger partial charge in [-0.3, -0.25) is 0 Å². The van der Waals surface area contributed by atoms with E-state index < -0.39 is 5.60 Å². The molecule has 6 rings (SSSR count). The van der Waals surface area contributed by atoms with Crippen molar-refractivity contribution >= 4 is 39.9 Å². The van der Waals surface area contributed by atoms with E-state index in [2.05, 4.69) is 74.0 Å². The normalized spacial score (nSPS) is 17.7. The van der Waals surface area contributed by atoms with Gasteiger partial charge >= 0.3 is 0 Å². The molecule has 1 unspecified atom stereocenters. The number of hydrogen-bond acceptors (Lipinski definition) is 3. The summed E-state index contributed by atoms with van der Waals surface area (Å²) in [5.74, 6) is 1.86. The maximum Gasteiger partial charge on any atom is 0.178 e. The molecule has 0 radical (unpaired) electrons. The van der Waals surface area contributed by atoms with E-state index in [9.17, 15) is 5.11 Å². The highest BCUT2D eigenvalue weighted by molar-refractivity contribution is 6.14. The van der Waals surface area contributed by atoms with Crippen LogP contribution < -0.4 is 20.0 Å². The predicted molar refractivity (Wildman–Crippen MR) is 156 cm³/mol. The second-order valence-corrected chi connectivity index (χ2v) is 9.72. The lowest BCUT2D eigenvalue weighted by atomic mass is 9.83. The molecule has 1 aliphatic rings. The van der Waals surface area contributed by atoms with Crippen molar-refractivity contribution in [2.45, 2.75) is 25.9 Å². The van der Waals surface area contributed by atoms with Gasteiger partial charge in [0, 0.05) is 45.1 Å². The Balaban J connectivity index is 1.72. The van der Waals surface area contributed by atoms with Crippen molar-refractivity contribution < 1.29 is 14.6 Å². The summed E-state index contributed by atoms with van der Waals surface area (Å²) in [4.78, 5) is 0. The summed E-state index contributed by atoms with van der Waals surface area (Å²) < 4.78 is 14.9. The fourth-order valence-electron chi connectivity index (χ4n) is 5.91. The summed E-state index contributed by atoms with van der Waals surface area (Å²) in [6.07, 6.45) is 9.82. The van der Waals surface area contributed by atoms with E-state index in [-0.39, 0.29) is 5.75 Å². The minimum absolute atomic E-state index is 0.220. The van der Waals surface area contributed by atoms with Gasteiger partial charge in [-0.25, -0.2) is 0 Å². The van der Waals surface area contributed by atoms with Gasteiger partial charge in [0.15, 0.2) is 5.60 Å². The smallest absolute Gasteiger partial charge is 0.178 e. The first-order chi connectivity index (χ1) is 18.5. The van der Waals surface area contributed by atoms with Gasteiger partial charge in [0.2, 0.25) is 0 Å². The Morgan fingerprint density at radius 1 is 0.947 bits per heavy atom. The second-order valence-electron chi connectivity index (χ2n) is 9.72. The summed E-state index contributed by atoms with van der Waals surface area (Å²) in [6, 6.07) is 23.8. The third-order valence-corrected chi connectivity index (χ3v) is 7.66. The first-order valence-corrected chi connectivity index (χ1v) is 13.0. The maximum atomic E-state index is 10.0. The summed E-state index contributed by atoms with van der Waals surface area (Å²) in [5, 5.41) is 16.0. The Kier molecular flexibility index (Phi) is 5.76. The molecule has 4 nitrogen and oxygen atoms in total. The van der Waals surface area contributed by atoms with Gasteiger partial charge in [-0.05, 0) is 55.1 Å². The quantitative estimate of drug-likeness (QED) is 0.311. The van der Waals surface area contributed by atoms with Gasteiger partial charge in [0.25, 0.3) is 0 Å². The zero-order valence-electron chi connectivity index (χ0n) is 22.2. The van der Waals surface area contributed by atoms with Crippen LogP contribution in [0, 0.1) is 0 Å². The van der Waals surface area contributed by atoms with Crippen LogP contribution in [0.25, 0.3) is 39.9 Å². The number of methoxy groups -OCH3 is 1. The number of aromatic nitrogens is 1. The van der Waals surface area contributed by atoms with Crippen molar-refractivity contribution in [2.24, 2.45) is 7.05 Å². The van der Waals surface area contributed by atoms with E-state index in [0.29, 0.717) is 0 Å². The number of hydrogen-bond donors (Lipinski definition) is 1. The highest BCUT2D eigenvalue weighted by Crippen LogP contribution is 2.47. The molecule has 5 aromatic rings. The van der Waals surface area contributed by atoms with Gasteiger partial charge < -0.3 is 19.1 Å². The predicted octanol–water partition coefficient (Wildman–Crippen LogP) is 6.39. The Morgan fingerprint density at radius 3 is 2.24 bits per heavy atom. The Hall–Kier alpha value is -4.44. The molecule has 38 heavy (non-hydrogen) atoms. The number of ether oxygens (including phenoxy) is 2. The lowest BCUT2D eigenvalue weighted by Crippen LogP contribution is -2.34. The van der Waals surface area contributed by atoms with E-state index in [1.54, 1.807) is 19.2 Å². The van der Waals surface area contributed by atoms with Crippen LogP contribution in [0.5, 0.6) is 17.2 Å². The molecule has 1 aliphatic heterocycles. The molecule has 1 N–H and O–H groups in total. The minimum atomic E-state index is -0.882. The Labute approximate surface area is 222 Å². The SMILES string of the molecule is C/C=c1\c(=C/CC)c2c3ccccc3c3c(c2n1C)C=CC(c1ccc(O)cc1)(c1ccc(OC)cc1)O3. The van der Waals surface area contributed by atoms with Crippen LogP contribution in [0.15, 0.2) is 78.9 Å². The molecule has 190 valence electrons. The molecule has 1 aromatic heterocycles. The first kappa shape index (κ1) is 23.9. The lowest BCUT2D eigenvalue weighted by molar-refractivity contribution is 0.163. The standard InChI is InChI=1S/C34H31NO3/c1-5-9-28-30(6-2)35(3)32-29-20-21-34(22-12-16-24(36)17-13-22,23-14-18-25(37-4)19-15-23)38-33(29)27-11-8-7-10-26(27)31(28)32/h6-21,36H,5H2,1-4H3/b28-9+,30-6+. The highest BCUT2D eigenvalue weighted by atomic mass is 16.5. The molecule has 0 saturated heterocycles. The molecule has 2 heterocycles. The van der Waals surface area contributed by atoms with E-state index in [1.165, 1.54) is 21.3 Å². The highest BCUT2D eigenvalue weighted by Gasteiger charge is 2.38. The van der Waals surface area contributed by atoms with Gasteiger partial charge in [-0.2, -0.15) is 0 Å². The van der Waals surface area contributed by atoms with Crippen molar-refractivity contribution in [3.05, 3.63) is 106 Å². The van der Waals surface area contributed by atoms with E-state index in [1.807, 2.05) is 36.4 Å². The van der Waals surface area contributed by atoms with Crippen LogP contribution in [0.4, 0.5) is 0 Å². The van der Waals surface area contributed by atoms with Crippen molar-refractivity contribution in [3.63, 3.8) is 0 Å². The number of aromatic hydroxyl groups is 1. The molecule has 0 aliphatic carbocycles. The van der Waals surface area contributed by atoms with Crippen LogP contribution in [0.2, 0.25) is 0 Å². The Morgan fingerprint density at radius 2 is 1.61 bits per heavy atom. The van der Waals surface area contributed by atoms with Gasteiger partial charge in [-0.1, -0.05) is 67.6 Å². The molecule has 4 heteroatoms. The molecule has 0 fully saturated rings. The summed E-state index contributed by atoms with van der Waals surface area (Å²) >= 11 is 0. The molecular formula is C34H31NO3. The number of rotatable bonds is 4. The number of phenols is 1. The molecule has 4 aromatic carbocycles. The molecular weight excluding hydrogens is 470 g/mol. The molecule has 0 saturated carbocycles. The maximum absolute atomic E-state index is 10.0.